The lowest BCUT2D eigenvalue weighted by Gasteiger charge is -2.05. The molecular weight excluding hydrogens is 360 g/mol. The van der Waals surface area contributed by atoms with Crippen LogP contribution in [0.3, 0.4) is 0 Å². The molecule has 3 N–H and O–H groups in total. The van der Waals surface area contributed by atoms with Crippen molar-refractivity contribution in [1.29, 1.82) is 5.26 Å². The van der Waals surface area contributed by atoms with Crippen LogP contribution in [0.2, 0.25) is 0 Å². The summed E-state index contributed by atoms with van der Waals surface area (Å²) < 4.78 is 31.6. The van der Waals surface area contributed by atoms with Gasteiger partial charge in [-0.15, -0.1) is 5.11 Å². The number of nitriles is 1. The van der Waals surface area contributed by atoms with Gasteiger partial charge in [0.2, 0.25) is 0 Å². The zero-order valence-corrected chi connectivity index (χ0v) is 13.7. The number of pyridine rings is 1. The van der Waals surface area contributed by atoms with Gasteiger partial charge in [-0.2, -0.15) is 18.8 Å². The fourth-order valence-electron chi connectivity index (χ4n) is 2.21. The van der Waals surface area contributed by atoms with E-state index in [0.717, 1.165) is 12.1 Å². The smallest absolute Gasteiger partial charge is 0.294 e. The molecule has 10 heteroatoms. The van der Waals surface area contributed by atoms with Gasteiger partial charge in [-0.3, -0.25) is 9.35 Å². The van der Waals surface area contributed by atoms with Crippen LogP contribution < -0.4 is 5.56 Å². The number of nitrogens with one attached hydrogen (secondary N) is 1. The topological polar surface area (TPSA) is 156 Å². The van der Waals surface area contributed by atoms with Crippen molar-refractivity contribution in [2.45, 2.75) is 4.90 Å². The maximum Gasteiger partial charge on any atom is 0.294 e. The van der Waals surface area contributed by atoms with Crippen molar-refractivity contribution >= 4 is 32.4 Å². The summed E-state index contributed by atoms with van der Waals surface area (Å²) in [4.78, 5) is 14.1. The van der Waals surface area contributed by atoms with E-state index in [1.165, 1.54) is 30.3 Å². The molecule has 130 valence electrons. The van der Waals surface area contributed by atoms with Gasteiger partial charge in [0.1, 0.15) is 0 Å². The van der Waals surface area contributed by atoms with Crippen molar-refractivity contribution in [3.05, 3.63) is 58.4 Å². The van der Waals surface area contributed by atoms with E-state index in [0.29, 0.717) is 11.3 Å². The van der Waals surface area contributed by atoms with E-state index >= 15 is 0 Å². The average Bonchev–Trinajstić information content (AvgIpc) is 2.61. The second kappa shape index (κ2) is 6.40. The van der Waals surface area contributed by atoms with Gasteiger partial charge in [-0.05, 0) is 42.5 Å². The van der Waals surface area contributed by atoms with Gasteiger partial charge >= 0.3 is 0 Å². The van der Waals surface area contributed by atoms with Crippen molar-refractivity contribution in [1.82, 2.24) is 4.98 Å². The number of aromatic nitrogens is 1. The number of nitrogens with zero attached hydrogens (tertiary/aromatic N) is 3. The summed E-state index contributed by atoms with van der Waals surface area (Å²) in [5.74, 6) is -0.577. The Hall–Kier alpha value is -3.55. The molecule has 0 aliphatic carbocycles. The fraction of sp³-hybridized carbons (Fsp3) is 0. The van der Waals surface area contributed by atoms with Gasteiger partial charge in [0, 0.05) is 5.39 Å². The molecule has 9 nitrogen and oxygen atoms in total. The lowest BCUT2D eigenvalue weighted by molar-refractivity contribution is 0.480. The molecular formula is C16H10N4O5S. The summed E-state index contributed by atoms with van der Waals surface area (Å²) in [6, 6.07) is 11.3. The van der Waals surface area contributed by atoms with Crippen molar-refractivity contribution in [3.63, 3.8) is 0 Å². The van der Waals surface area contributed by atoms with Crippen molar-refractivity contribution in [3.8, 4) is 11.8 Å². The van der Waals surface area contributed by atoms with Crippen LogP contribution >= 0.6 is 0 Å². The summed E-state index contributed by atoms with van der Waals surface area (Å²) in [6.07, 6.45) is 0. The largest absolute Gasteiger partial charge is 0.505 e. The van der Waals surface area contributed by atoms with E-state index in [2.05, 4.69) is 15.2 Å². The molecule has 26 heavy (non-hydrogen) atoms. The monoisotopic (exact) mass is 370 g/mol. The molecule has 3 aromatic rings. The second-order valence-corrected chi connectivity index (χ2v) is 6.61. The number of aromatic hydroxyl groups is 1. The summed E-state index contributed by atoms with van der Waals surface area (Å²) in [6.45, 7) is 0. The number of hydrogen-bond acceptors (Lipinski definition) is 7. The molecule has 0 aliphatic rings. The molecule has 0 aliphatic heterocycles. The van der Waals surface area contributed by atoms with Gasteiger partial charge in [0.15, 0.2) is 11.4 Å². The number of rotatable bonds is 3. The first-order valence-electron chi connectivity index (χ1n) is 7.08. The highest BCUT2D eigenvalue weighted by atomic mass is 32.2. The Morgan fingerprint density at radius 3 is 2.38 bits per heavy atom. The lowest BCUT2D eigenvalue weighted by atomic mass is 10.2. The first kappa shape index (κ1) is 17.3. The van der Waals surface area contributed by atoms with Gasteiger partial charge in [0.25, 0.3) is 15.7 Å². The summed E-state index contributed by atoms with van der Waals surface area (Å²) in [7, 11) is -4.48. The number of benzene rings is 2. The molecule has 2 aromatic carbocycles. The van der Waals surface area contributed by atoms with E-state index < -0.39 is 32.0 Å². The normalized spacial score (nSPS) is 11.7. The van der Waals surface area contributed by atoms with E-state index in [-0.39, 0.29) is 10.9 Å². The van der Waals surface area contributed by atoms with Gasteiger partial charge < -0.3 is 10.1 Å². The molecule has 0 spiro atoms. The SMILES string of the molecule is N#Cc1ccc(N=Nc2c(O)c3cc(S(=O)(=O)O)ccc3[nH]c2=O)cc1. The molecule has 1 aromatic heterocycles. The highest BCUT2D eigenvalue weighted by Crippen LogP contribution is 2.32. The Balaban J connectivity index is 2.11. The molecule has 0 amide bonds. The highest BCUT2D eigenvalue weighted by Gasteiger charge is 2.16. The molecule has 1 heterocycles. The maximum atomic E-state index is 12.1. The molecule has 0 unspecified atom stereocenters. The molecule has 0 radical (unpaired) electrons. The van der Waals surface area contributed by atoms with Gasteiger partial charge in [-0.1, -0.05) is 0 Å². The average molecular weight is 370 g/mol. The Morgan fingerprint density at radius 2 is 1.77 bits per heavy atom. The van der Waals surface area contributed by atoms with Crippen LogP contribution in [-0.2, 0) is 10.1 Å². The van der Waals surface area contributed by atoms with E-state index in [1.54, 1.807) is 0 Å². The molecule has 0 atom stereocenters. The third kappa shape index (κ3) is 3.30. The quantitative estimate of drug-likeness (QED) is 0.475. The Kier molecular flexibility index (Phi) is 4.25. The van der Waals surface area contributed by atoms with Crippen LogP contribution in [0, 0.1) is 11.3 Å². The first-order valence-corrected chi connectivity index (χ1v) is 8.52. The van der Waals surface area contributed by atoms with Crippen molar-refractivity contribution in [2.75, 3.05) is 0 Å². The zero-order chi connectivity index (χ0) is 18.9. The number of azo groups is 1. The summed E-state index contributed by atoms with van der Waals surface area (Å²) in [5, 5.41) is 26.5. The predicted molar refractivity (Wildman–Crippen MR) is 91.4 cm³/mol. The number of aromatic amines is 1. The number of hydrogen-bond donors (Lipinski definition) is 3. The van der Waals surface area contributed by atoms with E-state index in [1.807, 2.05) is 6.07 Å². The van der Waals surface area contributed by atoms with Crippen LogP contribution in [0.25, 0.3) is 10.9 Å². The van der Waals surface area contributed by atoms with Crippen molar-refractivity contribution in [2.24, 2.45) is 10.2 Å². The zero-order valence-electron chi connectivity index (χ0n) is 12.9. The highest BCUT2D eigenvalue weighted by molar-refractivity contribution is 7.85. The number of fused-ring (bicyclic) bond motifs is 1. The van der Waals surface area contributed by atoms with Crippen molar-refractivity contribution < 1.29 is 18.1 Å². The van der Waals surface area contributed by atoms with Gasteiger partial charge in [-0.25, -0.2) is 0 Å². The maximum absolute atomic E-state index is 12.1. The Morgan fingerprint density at radius 1 is 1.08 bits per heavy atom. The van der Waals surface area contributed by atoms with Crippen LogP contribution in [0.15, 0.2) is 62.4 Å². The van der Waals surface area contributed by atoms with Crippen LogP contribution in [-0.4, -0.2) is 23.1 Å². The summed E-state index contributed by atoms with van der Waals surface area (Å²) in [5.41, 5.74) is -0.221. The molecule has 0 fully saturated rings. The minimum absolute atomic E-state index is 0.0199. The predicted octanol–water partition coefficient (Wildman–Crippen LogP) is 2.77. The second-order valence-electron chi connectivity index (χ2n) is 5.19. The standard InChI is InChI=1S/C16H10N4O5S/c17-8-9-1-3-10(4-2-9)19-20-14-15(21)12-7-11(26(23,24)25)5-6-13(12)18-16(14)22/h1-7H,(H2,18,21,22)(H,23,24,25). The van der Waals surface area contributed by atoms with Crippen LogP contribution in [0.5, 0.6) is 5.75 Å². The lowest BCUT2D eigenvalue weighted by Crippen LogP contribution is -2.06. The molecule has 3 rings (SSSR count). The third-order valence-electron chi connectivity index (χ3n) is 3.49. The molecule has 0 saturated carbocycles. The third-order valence-corrected chi connectivity index (χ3v) is 4.34. The minimum Gasteiger partial charge on any atom is -0.505 e. The van der Waals surface area contributed by atoms with E-state index in [9.17, 15) is 18.3 Å². The van der Waals surface area contributed by atoms with Crippen LogP contribution in [0.1, 0.15) is 5.56 Å². The molecule has 0 saturated heterocycles. The summed E-state index contributed by atoms with van der Waals surface area (Å²) >= 11 is 0. The van der Waals surface area contributed by atoms with Crippen LogP contribution in [0.4, 0.5) is 11.4 Å². The number of H-pyrrole nitrogens is 1. The molecule has 0 bridgehead atoms. The minimum atomic E-state index is -4.48. The Labute approximate surface area is 146 Å². The Bertz CT molecular complexity index is 1240. The van der Waals surface area contributed by atoms with Gasteiger partial charge in [0.05, 0.1) is 27.7 Å². The van der Waals surface area contributed by atoms with E-state index in [4.69, 9.17) is 9.81 Å². The first-order chi connectivity index (χ1) is 12.3. The fourth-order valence-corrected chi connectivity index (χ4v) is 2.72.